The van der Waals surface area contributed by atoms with Crippen LogP contribution >= 0.6 is 11.8 Å². The van der Waals surface area contributed by atoms with Crippen molar-refractivity contribution >= 4 is 11.8 Å². The molecule has 0 atom stereocenters. The highest BCUT2D eigenvalue weighted by Gasteiger charge is 2.13. The molecule has 1 heterocycles. The molecule has 7 heteroatoms. The van der Waals surface area contributed by atoms with E-state index >= 15 is 0 Å². The fourth-order valence-electron chi connectivity index (χ4n) is 1.94. The summed E-state index contributed by atoms with van der Waals surface area (Å²) in [5.74, 6) is 0.659. The van der Waals surface area contributed by atoms with Crippen LogP contribution in [0.4, 0.5) is 4.39 Å². The van der Waals surface area contributed by atoms with E-state index < -0.39 is 5.82 Å². The molecule has 0 radical (unpaired) electrons. The number of halogens is 1. The number of nitrogens with zero attached hydrogens (tertiary/aromatic N) is 4. The largest absolute Gasteiger partial charge is 0.324 e. The Balaban J connectivity index is 2.17. The first-order valence-electron chi connectivity index (χ1n) is 6.63. The third-order valence-corrected chi connectivity index (χ3v) is 3.99. The van der Waals surface area contributed by atoms with E-state index in [1.165, 1.54) is 17.8 Å². The van der Waals surface area contributed by atoms with E-state index in [0.717, 1.165) is 23.9 Å². The second-order valence-electron chi connectivity index (χ2n) is 4.43. The summed E-state index contributed by atoms with van der Waals surface area (Å²) < 4.78 is 16.0. The second kappa shape index (κ2) is 7.20. The van der Waals surface area contributed by atoms with Crippen LogP contribution in [0.15, 0.2) is 23.4 Å². The minimum atomic E-state index is -0.465. The molecule has 0 saturated heterocycles. The molecule has 0 fully saturated rings. The van der Waals surface area contributed by atoms with Gasteiger partial charge in [0.2, 0.25) is 0 Å². The summed E-state index contributed by atoms with van der Waals surface area (Å²) in [5, 5.41) is 17.7. The molecule has 0 spiro atoms. The van der Waals surface area contributed by atoms with E-state index in [1.807, 2.05) is 10.6 Å². The average Bonchev–Trinajstić information content (AvgIpc) is 2.89. The van der Waals surface area contributed by atoms with Gasteiger partial charge in [0.05, 0.1) is 12.1 Å². The Morgan fingerprint density at radius 3 is 2.90 bits per heavy atom. The Bertz CT molecular complexity index is 662. The fourth-order valence-corrected chi connectivity index (χ4v) is 2.90. The summed E-state index contributed by atoms with van der Waals surface area (Å²) in [6.07, 6.45) is 0.941. The molecule has 2 aromatic rings. The zero-order chi connectivity index (χ0) is 15.2. The van der Waals surface area contributed by atoms with Gasteiger partial charge in [-0.05, 0) is 18.1 Å². The summed E-state index contributed by atoms with van der Waals surface area (Å²) in [6.45, 7) is 3.17. The van der Waals surface area contributed by atoms with Crippen molar-refractivity contribution in [3.05, 3.63) is 41.0 Å². The highest BCUT2D eigenvalue weighted by atomic mass is 32.2. The van der Waals surface area contributed by atoms with Crippen molar-refractivity contribution in [2.75, 3.05) is 0 Å². The maximum atomic E-state index is 14.0. The Hall–Kier alpha value is -1.91. The summed E-state index contributed by atoms with van der Waals surface area (Å²) in [6, 6.07) is 6.67. The van der Waals surface area contributed by atoms with Gasteiger partial charge in [0.15, 0.2) is 5.16 Å². The van der Waals surface area contributed by atoms with Gasteiger partial charge < -0.3 is 10.3 Å². The van der Waals surface area contributed by atoms with Crippen LogP contribution < -0.4 is 5.73 Å². The normalized spacial score (nSPS) is 10.6. The molecule has 0 aliphatic rings. The second-order valence-corrected chi connectivity index (χ2v) is 5.38. The predicted molar refractivity (Wildman–Crippen MR) is 78.9 cm³/mol. The average molecular weight is 305 g/mol. The lowest BCUT2D eigenvalue weighted by molar-refractivity contribution is 0.591. The van der Waals surface area contributed by atoms with Crippen molar-refractivity contribution in [2.45, 2.75) is 37.3 Å². The lowest BCUT2D eigenvalue weighted by atomic mass is 10.1. The zero-order valence-electron chi connectivity index (χ0n) is 11.7. The van der Waals surface area contributed by atoms with Crippen LogP contribution in [0.1, 0.15) is 30.3 Å². The summed E-state index contributed by atoms with van der Waals surface area (Å²) in [7, 11) is 0. The van der Waals surface area contributed by atoms with Crippen LogP contribution in [0.25, 0.3) is 0 Å². The number of hydrogen-bond donors (Lipinski definition) is 1. The molecular weight excluding hydrogens is 289 g/mol. The molecule has 0 saturated carbocycles. The van der Waals surface area contributed by atoms with Gasteiger partial charge in [-0.1, -0.05) is 30.8 Å². The van der Waals surface area contributed by atoms with Crippen LogP contribution in [0.3, 0.4) is 0 Å². The lowest BCUT2D eigenvalue weighted by Gasteiger charge is -2.08. The lowest BCUT2D eigenvalue weighted by Crippen LogP contribution is -2.09. The Morgan fingerprint density at radius 2 is 2.24 bits per heavy atom. The van der Waals surface area contributed by atoms with Gasteiger partial charge in [-0.3, -0.25) is 0 Å². The van der Waals surface area contributed by atoms with Crippen molar-refractivity contribution in [1.29, 1.82) is 5.26 Å². The van der Waals surface area contributed by atoms with E-state index in [4.69, 9.17) is 11.0 Å². The first-order valence-corrected chi connectivity index (χ1v) is 7.62. The minimum Gasteiger partial charge on any atom is -0.324 e. The maximum Gasteiger partial charge on any atom is 0.191 e. The van der Waals surface area contributed by atoms with Crippen LogP contribution in [-0.2, 0) is 18.8 Å². The number of hydrogen-bond acceptors (Lipinski definition) is 5. The smallest absolute Gasteiger partial charge is 0.191 e. The quantitative estimate of drug-likeness (QED) is 0.829. The first-order chi connectivity index (χ1) is 10.2. The Morgan fingerprint density at radius 1 is 1.43 bits per heavy atom. The number of nitriles is 1. The summed E-state index contributed by atoms with van der Waals surface area (Å²) in [5.41, 5.74) is 6.18. The van der Waals surface area contributed by atoms with E-state index in [9.17, 15) is 4.39 Å². The number of nitrogens with two attached hydrogens (primary N) is 1. The number of aromatic nitrogens is 3. The molecule has 0 aliphatic carbocycles. The molecule has 2 N–H and O–H groups in total. The molecule has 0 amide bonds. The van der Waals surface area contributed by atoms with Gasteiger partial charge in [0.25, 0.3) is 0 Å². The molecule has 0 aliphatic heterocycles. The molecule has 5 nitrogen and oxygen atoms in total. The van der Waals surface area contributed by atoms with Gasteiger partial charge >= 0.3 is 0 Å². The summed E-state index contributed by atoms with van der Waals surface area (Å²) >= 11 is 1.39. The van der Waals surface area contributed by atoms with Gasteiger partial charge in [0, 0.05) is 12.3 Å². The van der Waals surface area contributed by atoms with Gasteiger partial charge in [0.1, 0.15) is 17.7 Å². The molecular formula is C14H16FN5S. The van der Waals surface area contributed by atoms with E-state index in [0.29, 0.717) is 17.9 Å². The van der Waals surface area contributed by atoms with E-state index in [1.54, 1.807) is 12.1 Å². The van der Waals surface area contributed by atoms with E-state index in [2.05, 4.69) is 17.1 Å². The molecule has 0 unspecified atom stereocenters. The number of benzene rings is 1. The van der Waals surface area contributed by atoms with Crippen LogP contribution in [-0.4, -0.2) is 14.8 Å². The van der Waals surface area contributed by atoms with Crippen molar-refractivity contribution in [3.8, 4) is 6.07 Å². The minimum absolute atomic E-state index is 0.0609. The Kier molecular flexibility index (Phi) is 5.31. The first kappa shape index (κ1) is 15.5. The molecule has 2 rings (SSSR count). The maximum absolute atomic E-state index is 14.0. The number of thioether (sulfide) groups is 1. The Labute approximate surface area is 127 Å². The van der Waals surface area contributed by atoms with Crippen molar-refractivity contribution in [1.82, 2.24) is 14.8 Å². The SMILES string of the molecule is CCCn1c(CN)nnc1SCc1cccc(C#N)c1F. The van der Waals surface area contributed by atoms with Gasteiger partial charge in [-0.25, -0.2) is 4.39 Å². The topological polar surface area (TPSA) is 80.5 Å². The molecule has 21 heavy (non-hydrogen) atoms. The number of rotatable bonds is 6. The molecule has 0 bridgehead atoms. The van der Waals surface area contributed by atoms with Crippen LogP contribution in [0.2, 0.25) is 0 Å². The van der Waals surface area contributed by atoms with E-state index in [-0.39, 0.29) is 5.56 Å². The van der Waals surface area contributed by atoms with Crippen LogP contribution in [0.5, 0.6) is 0 Å². The third-order valence-electron chi connectivity index (χ3n) is 2.98. The molecule has 1 aromatic carbocycles. The van der Waals surface area contributed by atoms with Crippen molar-refractivity contribution in [3.63, 3.8) is 0 Å². The van der Waals surface area contributed by atoms with Crippen molar-refractivity contribution < 1.29 is 4.39 Å². The molecule has 110 valence electrons. The van der Waals surface area contributed by atoms with Gasteiger partial charge in [-0.15, -0.1) is 10.2 Å². The standard InChI is InChI=1S/C14H16FN5S/c1-2-6-20-12(8-17)18-19-14(20)21-9-11-5-3-4-10(7-16)13(11)15/h3-5H,2,6,8-9,17H2,1H3. The molecule has 1 aromatic heterocycles. The zero-order valence-corrected chi connectivity index (χ0v) is 12.5. The van der Waals surface area contributed by atoms with Crippen LogP contribution in [0, 0.1) is 17.1 Å². The summed E-state index contributed by atoms with van der Waals surface area (Å²) in [4.78, 5) is 0. The monoisotopic (exact) mass is 305 g/mol. The highest BCUT2D eigenvalue weighted by molar-refractivity contribution is 7.98. The fraction of sp³-hybridized carbons (Fsp3) is 0.357. The van der Waals surface area contributed by atoms with Crippen molar-refractivity contribution in [2.24, 2.45) is 5.73 Å². The predicted octanol–water partition coefficient (Wildman–Crippen LogP) is 2.45. The highest BCUT2D eigenvalue weighted by Crippen LogP contribution is 2.24. The van der Waals surface area contributed by atoms with Gasteiger partial charge in [-0.2, -0.15) is 5.26 Å². The third kappa shape index (κ3) is 3.40.